The number of carbonyl (C=O) groups excluding carboxylic acids is 1. The molecule has 0 spiro atoms. The number of rotatable bonds is 7. The van der Waals surface area contributed by atoms with Gasteiger partial charge in [0.15, 0.2) is 0 Å². The van der Waals surface area contributed by atoms with Crippen LogP contribution in [0.15, 0.2) is 36.4 Å². The number of aromatic hydroxyl groups is 1. The van der Waals surface area contributed by atoms with E-state index in [4.69, 9.17) is 19.3 Å². The van der Waals surface area contributed by atoms with Gasteiger partial charge >= 0.3 is 5.97 Å². The first kappa shape index (κ1) is 21.1. The summed E-state index contributed by atoms with van der Waals surface area (Å²) in [5.41, 5.74) is -0.389. The molecular formula is C17H22O10. The molecule has 1 heterocycles. The zero-order valence-corrected chi connectivity index (χ0v) is 14.2. The molecule has 1 fully saturated rings. The standard InChI is InChI=1S/C17H22O10/c1-8(11(20)6-18)16(24)25-7-12-13(21)14(22)15(23)17(27-12)26-10-4-2-9(19)3-5-10/h2-5,11-15,17-23H,1,6-7H2. The quantitative estimate of drug-likeness (QED) is 0.229. The predicted octanol–water partition coefficient (Wildman–Crippen LogP) is -1.97. The molecule has 2 rings (SSSR count). The molecule has 0 radical (unpaired) electrons. The molecular weight excluding hydrogens is 364 g/mol. The van der Waals surface area contributed by atoms with Gasteiger partial charge in [0, 0.05) is 0 Å². The molecule has 6 unspecified atom stereocenters. The summed E-state index contributed by atoms with van der Waals surface area (Å²) >= 11 is 0. The summed E-state index contributed by atoms with van der Waals surface area (Å²) in [6, 6.07) is 5.48. The number of phenols is 1. The van der Waals surface area contributed by atoms with Crippen molar-refractivity contribution in [3.05, 3.63) is 36.4 Å². The Morgan fingerprint density at radius 3 is 2.37 bits per heavy atom. The molecule has 1 saturated heterocycles. The lowest BCUT2D eigenvalue weighted by atomic mass is 9.99. The van der Waals surface area contributed by atoms with E-state index in [0.717, 1.165) is 0 Å². The number of phenolic OH excluding ortho intramolecular Hbond substituents is 1. The number of carbonyl (C=O) groups is 1. The number of hydrogen-bond donors (Lipinski definition) is 6. The summed E-state index contributed by atoms with van der Waals surface area (Å²) in [5, 5.41) is 57.4. The zero-order valence-electron chi connectivity index (χ0n) is 14.2. The second-order valence-electron chi connectivity index (χ2n) is 5.95. The fourth-order valence-corrected chi connectivity index (χ4v) is 2.31. The monoisotopic (exact) mass is 386 g/mol. The van der Waals surface area contributed by atoms with E-state index in [9.17, 15) is 30.3 Å². The molecule has 1 aliphatic rings. The number of benzene rings is 1. The van der Waals surface area contributed by atoms with Crippen LogP contribution >= 0.6 is 0 Å². The van der Waals surface area contributed by atoms with Crippen molar-refractivity contribution < 1.29 is 49.6 Å². The molecule has 0 amide bonds. The summed E-state index contributed by atoms with van der Waals surface area (Å²) < 4.78 is 15.6. The van der Waals surface area contributed by atoms with Crippen molar-refractivity contribution in [2.24, 2.45) is 0 Å². The smallest absolute Gasteiger partial charge is 0.336 e. The first-order chi connectivity index (χ1) is 12.7. The van der Waals surface area contributed by atoms with Crippen LogP contribution in [-0.2, 0) is 14.3 Å². The highest BCUT2D eigenvalue weighted by Gasteiger charge is 2.45. The van der Waals surface area contributed by atoms with Gasteiger partial charge in [0.05, 0.1) is 12.2 Å². The van der Waals surface area contributed by atoms with Crippen LogP contribution in [0.5, 0.6) is 11.5 Å². The Labute approximate surface area is 154 Å². The summed E-state index contributed by atoms with van der Waals surface area (Å²) in [6.07, 6.45) is -8.93. The molecule has 1 aromatic carbocycles. The molecule has 6 atom stereocenters. The van der Waals surface area contributed by atoms with E-state index in [0.29, 0.717) is 0 Å². The molecule has 0 aromatic heterocycles. The average molecular weight is 386 g/mol. The van der Waals surface area contributed by atoms with Gasteiger partial charge in [0.25, 0.3) is 0 Å². The maximum atomic E-state index is 11.7. The van der Waals surface area contributed by atoms with E-state index in [-0.39, 0.29) is 17.1 Å². The highest BCUT2D eigenvalue weighted by atomic mass is 16.7. The van der Waals surface area contributed by atoms with E-state index in [1.807, 2.05) is 0 Å². The van der Waals surface area contributed by atoms with Gasteiger partial charge in [-0.2, -0.15) is 0 Å². The summed E-state index contributed by atoms with van der Waals surface area (Å²) in [4.78, 5) is 11.7. The minimum absolute atomic E-state index is 0.00185. The molecule has 150 valence electrons. The van der Waals surface area contributed by atoms with E-state index in [2.05, 4.69) is 6.58 Å². The summed E-state index contributed by atoms with van der Waals surface area (Å²) in [6.45, 7) is 2.04. The van der Waals surface area contributed by atoms with Crippen molar-refractivity contribution in [3.63, 3.8) is 0 Å². The van der Waals surface area contributed by atoms with Crippen LogP contribution in [0.4, 0.5) is 0 Å². The lowest BCUT2D eigenvalue weighted by Crippen LogP contribution is -2.60. The fraction of sp³-hybridized carbons (Fsp3) is 0.471. The van der Waals surface area contributed by atoms with Crippen molar-refractivity contribution in [1.29, 1.82) is 0 Å². The SMILES string of the molecule is C=C(C(=O)OCC1OC(Oc2ccc(O)cc2)C(O)C(O)C1O)C(O)CO. The largest absolute Gasteiger partial charge is 0.508 e. The van der Waals surface area contributed by atoms with Gasteiger partial charge in [-0.3, -0.25) is 0 Å². The Kier molecular flexibility index (Phi) is 7.13. The second kappa shape index (κ2) is 9.13. The van der Waals surface area contributed by atoms with Crippen molar-refractivity contribution >= 4 is 5.97 Å². The topological polar surface area (TPSA) is 166 Å². The van der Waals surface area contributed by atoms with E-state index in [1.165, 1.54) is 24.3 Å². The Morgan fingerprint density at radius 1 is 1.15 bits per heavy atom. The number of hydrogen-bond acceptors (Lipinski definition) is 10. The summed E-state index contributed by atoms with van der Waals surface area (Å²) in [5.74, 6) is -0.808. The molecule has 10 nitrogen and oxygen atoms in total. The Morgan fingerprint density at radius 2 is 1.78 bits per heavy atom. The Hall–Kier alpha value is -2.21. The van der Waals surface area contributed by atoms with Crippen LogP contribution in [0.3, 0.4) is 0 Å². The highest BCUT2D eigenvalue weighted by Crippen LogP contribution is 2.25. The fourth-order valence-electron chi connectivity index (χ4n) is 2.31. The number of aliphatic hydroxyl groups excluding tert-OH is 5. The second-order valence-corrected chi connectivity index (χ2v) is 5.95. The molecule has 1 aromatic rings. The van der Waals surface area contributed by atoms with E-state index >= 15 is 0 Å². The molecule has 27 heavy (non-hydrogen) atoms. The predicted molar refractivity (Wildman–Crippen MR) is 88.6 cm³/mol. The van der Waals surface area contributed by atoms with Crippen molar-refractivity contribution in [2.45, 2.75) is 36.8 Å². The van der Waals surface area contributed by atoms with Gasteiger partial charge in [0.1, 0.15) is 48.6 Å². The van der Waals surface area contributed by atoms with E-state index in [1.54, 1.807) is 0 Å². The zero-order chi connectivity index (χ0) is 20.1. The number of aliphatic hydroxyl groups is 5. The van der Waals surface area contributed by atoms with Gasteiger partial charge in [-0.05, 0) is 24.3 Å². The van der Waals surface area contributed by atoms with Crippen molar-refractivity contribution in [1.82, 2.24) is 0 Å². The Balaban J connectivity index is 2.00. The molecule has 0 saturated carbocycles. The first-order valence-corrected chi connectivity index (χ1v) is 8.04. The van der Waals surface area contributed by atoms with Crippen LogP contribution in [0.1, 0.15) is 0 Å². The van der Waals surface area contributed by atoms with Gasteiger partial charge in [-0.25, -0.2) is 4.79 Å². The van der Waals surface area contributed by atoms with Gasteiger partial charge in [-0.15, -0.1) is 0 Å². The van der Waals surface area contributed by atoms with Gasteiger partial charge < -0.3 is 44.8 Å². The third kappa shape index (κ3) is 5.16. The molecule has 10 heteroatoms. The molecule has 1 aliphatic heterocycles. The van der Waals surface area contributed by atoms with Gasteiger partial charge in [-0.1, -0.05) is 6.58 Å². The lowest BCUT2D eigenvalue weighted by molar-refractivity contribution is -0.278. The maximum Gasteiger partial charge on any atom is 0.336 e. The molecule has 6 N–H and O–H groups in total. The number of esters is 1. The van der Waals surface area contributed by atoms with Crippen LogP contribution in [-0.4, -0.2) is 86.6 Å². The Bertz CT molecular complexity index is 646. The van der Waals surface area contributed by atoms with Crippen molar-refractivity contribution in [3.8, 4) is 11.5 Å². The minimum Gasteiger partial charge on any atom is -0.508 e. The summed E-state index contributed by atoms with van der Waals surface area (Å²) in [7, 11) is 0. The van der Waals surface area contributed by atoms with E-state index < -0.39 is 56.0 Å². The minimum atomic E-state index is -1.64. The van der Waals surface area contributed by atoms with Crippen LogP contribution < -0.4 is 4.74 Å². The van der Waals surface area contributed by atoms with Crippen LogP contribution in [0.2, 0.25) is 0 Å². The highest BCUT2D eigenvalue weighted by molar-refractivity contribution is 5.88. The third-order valence-corrected chi connectivity index (χ3v) is 3.97. The number of ether oxygens (including phenoxy) is 3. The van der Waals surface area contributed by atoms with Crippen LogP contribution in [0, 0.1) is 0 Å². The molecule has 0 aliphatic carbocycles. The first-order valence-electron chi connectivity index (χ1n) is 8.04. The maximum absolute atomic E-state index is 11.7. The lowest BCUT2D eigenvalue weighted by Gasteiger charge is -2.39. The van der Waals surface area contributed by atoms with Crippen LogP contribution in [0.25, 0.3) is 0 Å². The normalized spacial score (nSPS) is 29.0. The third-order valence-electron chi connectivity index (χ3n) is 3.97. The average Bonchev–Trinajstić information content (AvgIpc) is 2.67. The molecule has 0 bridgehead atoms. The van der Waals surface area contributed by atoms with Gasteiger partial charge in [0.2, 0.25) is 6.29 Å². The van der Waals surface area contributed by atoms with Crippen molar-refractivity contribution in [2.75, 3.05) is 13.2 Å².